The summed E-state index contributed by atoms with van der Waals surface area (Å²) in [6.07, 6.45) is 0. The molecule has 0 bridgehead atoms. The number of benzene rings is 3. The van der Waals surface area contributed by atoms with Crippen molar-refractivity contribution < 1.29 is 13.0 Å². The first kappa shape index (κ1) is 17.6. The largest absolute Gasteiger partial charge is 0.396 e. The molecule has 0 saturated heterocycles. The van der Waals surface area contributed by atoms with Crippen molar-refractivity contribution >= 4 is 61.2 Å². The molecule has 25 heavy (non-hydrogen) atoms. The van der Waals surface area contributed by atoms with Crippen LogP contribution < -0.4 is 5.73 Å². The molecule has 0 atom stereocenters. The second kappa shape index (κ2) is 6.61. The average Bonchev–Trinajstić information content (AvgIpc) is 2.56. The van der Waals surface area contributed by atoms with Crippen LogP contribution in [0.2, 0.25) is 10.0 Å². The Labute approximate surface area is 153 Å². The summed E-state index contributed by atoms with van der Waals surface area (Å²) in [5, 5.41) is 9.42. The summed E-state index contributed by atoms with van der Waals surface area (Å²) in [6.45, 7) is 0. The van der Waals surface area contributed by atoms with E-state index in [1.807, 2.05) is 0 Å². The van der Waals surface area contributed by atoms with Crippen molar-refractivity contribution in [2.75, 3.05) is 5.73 Å². The van der Waals surface area contributed by atoms with Gasteiger partial charge in [-0.25, -0.2) is 0 Å². The number of anilines is 1. The monoisotopic (exact) mass is 395 g/mol. The van der Waals surface area contributed by atoms with Crippen LogP contribution in [0.15, 0.2) is 63.7 Å². The zero-order chi connectivity index (χ0) is 18.2. The van der Waals surface area contributed by atoms with Gasteiger partial charge in [0.25, 0.3) is 10.1 Å². The SMILES string of the molecule is Nc1c(/N=N/c2ccc(Cl)c(Cl)c2)cc(S(=O)(=O)O)c2ccccc12. The molecule has 6 nitrogen and oxygen atoms in total. The van der Waals surface area contributed by atoms with Crippen LogP contribution in [0.25, 0.3) is 10.8 Å². The van der Waals surface area contributed by atoms with Crippen molar-refractivity contribution in [2.45, 2.75) is 4.90 Å². The van der Waals surface area contributed by atoms with E-state index in [-0.39, 0.29) is 16.3 Å². The maximum atomic E-state index is 11.7. The molecule has 0 heterocycles. The summed E-state index contributed by atoms with van der Waals surface area (Å²) in [5.41, 5.74) is 6.84. The van der Waals surface area contributed by atoms with E-state index >= 15 is 0 Å². The van der Waals surface area contributed by atoms with E-state index in [4.69, 9.17) is 28.9 Å². The first-order valence-electron chi connectivity index (χ1n) is 6.93. The number of halogens is 2. The van der Waals surface area contributed by atoms with Crippen LogP contribution >= 0.6 is 23.2 Å². The molecule has 0 aromatic heterocycles. The van der Waals surface area contributed by atoms with Crippen LogP contribution in [0.4, 0.5) is 17.1 Å². The van der Waals surface area contributed by atoms with E-state index < -0.39 is 10.1 Å². The zero-order valence-electron chi connectivity index (χ0n) is 12.5. The highest BCUT2D eigenvalue weighted by molar-refractivity contribution is 7.86. The summed E-state index contributed by atoms with van der Waals surface area (Å²) in [6, 6.07) is 12.4. The van der Waals surface area contributed by atoms with Crippen LogP contribution in [0.1, 0.15) is 0 Å². The summed E-state index contributed by atoms with van der Waals surface area (Å²) in [5.74, 6) is 0. The minimum atomic E-state index is -4.46. The van der Waals surface area contributed by atoms with Gasteiger partial charge in [0, 0.05) is 10.8 Å². The van der Waals surface area contributed by atoms with Gasteiger partial charge < -0.3 is 5.73 Å². The predicted octanol–water partition coefficient (Wildman–Crippen LogP) is 5.39. The molecule has 0 fully saturated rings. The van der Waals surface area contributed by atoms with Gasteiger partial charge in [0.05, 0.1) is 21.4 Å². The molecule has 3 aromatic rings. The minimum absolute atomic E-state index is 0.109. The Hall–Kier alpha value is -2.19. The van der Waals surface area contributed by atoms with Gasteiger partial charge in [-0.2, -0.15) is 13.5 Å². The summed E-state index contributed by atoms with van der Waals surface area (Å²) in [4.78, 5) is -0.291. The van der Waals surface area contributed by atoms with Crippen molar-refractivity contribution in [3.63, 3.8) is 0 Å². The standard InChI is InChI=1S/C16H11Cl2N3O3S/c17-12-6-5-9(7-13(12)18)20-21-14-8-15(25(22,23)24)10-3-1-2-4-11(10)16(14)19/h1-8H,19H2,(H,22,23,24)/b21-20+. The van der Waals surface area contributed by atoms with Crippen LogP contribution in [-0.2, 0) is 10.1 Å². The highest BCUT2D eigenvalue weighted by atomic mass is 35.5. The molecule has 9 heteroatoms. The maximum absolute atomic E-state index is 11.7. The molecule has 3 aromatic carbocycles. The van der Waals surface area contributed by atoms with Crippen molar-refractivity contribution in [1.29, 1.82) is 0 Å². The van der Waals surface area contributed by atoms with Crippen LogP contribution in [-0.4, -0.2) is 13.0 Å². The van der Waals surface area contributed by atoms with E-state index in [0.717, 1.165) is 0 Å². The fourth-order valence-corrected chi connectivity index (χ4v) is 3.31. The van der Waals surface area contributed by atoms with Gasteiger partial charge in [0.15, 0.2) is 0 Å². The number of hydrogen-bond donors (Lipinski definition) is 2. The summed E-state index contributed by atoms with van der Waals surface area (Å²) >= 11 is 11.8. The Morgan fingerprint density at radius 2 is 1.60 bits per heavy atom. The lowest BCUT2D eigenvalue weighted by Gasteiger charge is -2.09. The van der Waals surface area contributed by atoms with E-state index in [0.29, 0.717) is 26.5 Å². The third-order valence-corrected chi connectivity index (χ3v) is 5.11. The fourth-order valence-electron chi connectivity index (χ4n) is 2.31. The molecule has 0 aliphatic carbocycles. The van der Waals surface area contributed by atoms with Gasteiger partial charge in [-0.15, -0.1) is 5.11 Å². The van der Waals surface area contributed by atoms with Gasteiger partial charge in [-0.1, -0.05) is 47.5 Å². The van der Waals surface area contributed by atoms with Crippen LogP contribution in [0.5, 0.6) is 0 Å². The fraction of sp³-hybridized carbons (Fsp3) is 0. The van der Waals surface area contributed by atoms with Crippen molar-refractivity contribution in [2.24, 2.45) is 10.2 Å². The Bertz CT molecular complexity index is 1120. The molecule has 0 amide bonds. The molecular formula is C16H11Cl2N3O3S. The first-order chi connectivity index (χ1) is 11.8. The molecule has 0 radical (unpaired) electrons. The number of fused-ring (bicyclic) bond motifs is 1. The van der Waals surface area contributed by atoms with Gasteiger partial charge in [-0.05, 0) is 24.3 Å². The van der Waals surface area contributed by atoms with Crippen molar-refractivity contribution in [3.05, 3.63) is 58.6 Å². The quantitative estimate of drug-likeness (QED) is 0.352. The van der Waals surface area contributed by atoms with Gasteiger partial charge in [-0.3, -0.25) is 4.55 Å². The molecular weight excluding hydrogens is 385 g/mol. The number of rotatable bonds is 3. The molecule has 3 rings (SSSR count). The number of nitrogen functional groups attached to an aromatic ring is 1. The van der Waals surface area contributed by atoms with Gasteiger partial charge in [0.2, 0.25) is 0 Å². The molecule has 0 aliphatic heterocycles. The highest BCUT2D eigenvalue weighted by Gasteiger charge is 2.18. The first-order valence-corrected chi connectivity index (χ1v) is 9.12. The Morgan fingerprint density at radius 1 is 0.920 bits per heavy atom. The normalized spacial score (nSPS) is 12.1. The number of azo groups is 1. The molecule has 0 spiro atoms. The third-order valence-electron chi connectivity index (χ3n) is 3.48. The van der Waals surface area contributed by atoms with Crippen molar-refractivity contribution in [3.8, 4) is 0 Å². The Morgan fingerprint density at radius 3 is 2.24 bits per heavy atom. The van der Waals surface area contributed by atoms with E-state index in [1.54, 1.807) is 36.4 Å². The van der Waals surface area contributed by atoms with Crippen LogP contribution in [0.3, 0.4) is 0 Å². The maximum Gasteiger partial charge on any atom is 0.295 e. The molecule has 3 N–H and O–H groups in total. The molecule has 0 unspecified atom stereocenters. The third kappa shape index (κ3) is 3.59. The second-order valence-corrected chi connectivity index (χ2v) is 7.33. The van der Waals surface area contributed by atoms with Crippen LogP contribution in [0, 0.1) is 0 Å². The lowest BCUT2D eigenvalue weighted by Crippen LogP contribution is -2.01. The highest BCUT2D eigenvalue weighted by Crippen LogP contribution is 2.37. The lowest BCUT2D eigenvalue weighted by molar-refractivity contribution is 0.484. The van der Waals surface area contributed by atoms with Gasteiger partial charge in [0.1, 0.15) is 10.6 Å². The Balaban J connectivity index is 2.17. The lowest BCUT2D eigenvalue weighted by atomic mass is 10.1. The number of hydrogen-bond acceptors (Lipinski definition) is 5. The average molecular weight is 396 g/mol. The number of nitrogens with two attached hydrogens (primary N) is 1. The van der Waals surface area contributed by atoms with Crippen molar-refractivity contribution in [1.82, 2.24) is 0 Å². The topological polar surface area (TPSA) is 105 Å². The predicted molar refractivity (Wildman–Crippen MR) is 98.8 cm³/mol. The van der Waals surface area contributed by atoms with E-state index in [2.05, 4.69) is 10.2 Å². The Kier molecular flexibility index (Phi) is 4.66. The van der Waals surface area contributed by atoms with E-state index in [1.165, 1.54) is 12.1 Å². The minimum Gasteiger partial charge on any atom is -0.396 e. The smallest absolute Gasteiger partial charge is 0.295 e. The summed E-state index contributed by atoms with van der Waals surface area (Å²) < 4.78 is 32.8. The van der Waals surface area contributed by atoms with E-state index in [9.17, 15) is 13.0 Å². The molecule has 0 saturated carbocycles. The molecule has 128 valence electrons. The zero-order valence-corrected chi connectivity index (χ0v) is 14.8. The molecule has 0 aliphatic rings. The number of nitrogens with zero attached hydrogens (tertiary/aromatic N) is 2. The van der Waals surface area contributed by atoms with Gasteiger partial charge >= 0.3 is 0 Å². The summed E-state index contributed by atoms with van der Waals surface area (Å²) in [7, 11) is -4.46. The second-order valence-electron chi connectivity index (χ2n) is 5.13.